The van der Waals surface area contributed by atoms with Crippen LogP contribution in [0.3, 0.4) is 0 Å². The highest BCUT2D eigenvalue weighted by Gasteiger charge is 2.24. The molecule has 0 fully saturated rings. The Bertz CT molecular complexity index is 987. The molecule has 1 amide bonds. The zero-order valence-corrected chi connectivity index (χ0v) is 14.2. The first kappa shape index (κ1) is 16.7. The van der Waals surface area contributed by atoms with E-state index in [1.54, 1.807) is 4.90 Å². The van der Waals surface area contributed by atoms with E-state index in [-0.39, 0.29) is 17.4 Å². The van der Waals surface area contributed by atoms with Crippen LogP contribution in [0.4, 0.5) is 0 Å². The fourth-order valence-electron chi connectivity index (χ4n) is 3.11. The quantitative estimate of drug-likeness (QED) is 0.864. The van der Waals surface area contributed by atoms with Gasteiger partial charge in [-0.15, -0.1) is 0 Å². The van der Waals surface area contributed by atoms with Crippen LogP contribution < -0.4 is 5.56 Å². The van der Waals surface area contributed by atoms with Gasteiger partial charge in [0.2, 0.25) is 5.91 Å². The molecule has 1 aliphatic rings. The number of nitriles is 1. The summed E-state index contributed by atoms with van der Waals surface area (Å²) in [6.07, 6.45) is 5.46. The first-order valence-corrected chi connectivity index (χ1v) is 8.12. The number of aromatic nitrogens is 3. The molecule has 0 spiro atoms. The van der Waals surface area contributed by atoms with Crippen LogP contribution in [0.5, 0.6) is 0 Å². The van der Waals surface area contributed by atoms with E-state index < -0.39 is 0 Å². The molecule has 0 saturated heterocycles. The summed E-state index contributed by atoms with van der Waals surface area (Å²) >= 11 is 0. The highest BCUT2D eigenvalue weighted by Crippen LogP contribution is 2.26. The molecular formula is C18H19N5O2. The normalized spacial score (nSPS) is 14.5. The fourth-order valence-corrected chi connectivity index (χ4v) is 3.11. The molecule has 0 radical (unpaired) electrons. The van der Waals surface area contributed by atoms with Gasteiger partial charge in [0, 0.05) is 24.8 Å². The molecule has 3 rings (SSSR count). The monoisotopic (exact) mass is 337 g/mol. The van der Waals surface area contributed by atoms with Crippen molar-refractivity contribution >= 4 is 17.1 Å². The van der Waals surface area contributed by atoms with Gasteiger partial charge in [0.15, 0.2) is 5.65 Å². The number of fused-ring (bicyclic) bond motifs is 1. The molecule has 128 valence electrons. The summed E-state index contributed by atoms with van der Waals surface area (Å²) in [4.78, 5) is 31.1. The molecule has 2 aromatic rings. The number of rotatable bonds is 3. The van der Waals surface area contributed by atoms with Gasteiger partial charge in [-0.1, -0.05) is 26.5 Å². The maximum atomic E-state index is 12.9. The van der Waals surface area contributed by atoms with Crippen molar-refractivity contribution in [3.63, 3.8) is 0 Å². The number of H-pyrrole nitrogens is 1. The van der Waals surface area contributed by atoms with Crippen LogP contribution in [0.15, 0.2) is 29.7 Å². The SMILES string of the molecule is C=CC(=O)N1CCC=C(c2nc3c(C#N)c[nH]n3c(=O)c2C(C)C)C1. The number of amides is 1. The van der Waals surface area contributed by atoms with E-state index >= 15 is 0 Å². The Hall–Kier alpha value is -3.14. The van der Waals surface area contributed by atoms with E-state index in [1.165, 1.54) is 16.8 Å². The molecule has 1 aliphatic heterocycles. The van der Waals surface area contributed by atoms with Crippen LogP contribution in [0.1, 0.15) is 43.0 Å². The van der Waals surface area contributed by atoms with Crippen molar-refractivity contribution in [1.82, 2.24) is 19.5 Å². The molecule has 0 unspecified atom stereocenters. The minimum atomic E-state index is -0.218. The van der Waals surface area contributed by atoms with E-state index in [0.717, 1.165) is 5.57 Å². The van der Waals surface area contributed by atoms with Crippen LogP contribution in [0.25, 0.3) is 11.2 Å². The van der Waals surface area contributed by atoms with Gasteiger partial charge in [-0.2, -0.15) is 5.26 Å². The zero-order valence-electron chi connectivity index (χ0n) is 14.2. The van der Waals surface area contributed by atoms with Gasteiger partial charge in [0.1, 0.15) is 11.6 Å². The molecular weight excluding hydrogens is 318 g/mol. The lowest BCUT2D eigenvalue weighted by atomic mass is 9.96. The van der Waals surface area contributed by atoms with E-state index in [1.807, 2.05) is 26.0 Å². The summed E-state index contributed by atoms with van der Waals surface area (Å²) in [6, 6.07) is 2.04. The molecule has 2 aromatic heterocycles. The summed E-state index contributed by atoms with van der Waals surface area (Å²) in [5, 5.41) is 12.0. The number of hydrogen-bond donors (Lipinski definition) is 1. The Morgan fingerprint density at radius 2 is 2.28 bits per heavy atom. The summed E-state index contributed by atoms with van der Waals surface area (Å²) < 4.78 is 1.30. The fraction of sp³-hybridized carbons (Fsp3) is 0.333. The van der Waals surface area contributed by atoms with Gasteiger partial charge in [0.05, 0.1) is 5.69 Å². The lowest BCUT2D eigenvalue weighted by Crippen LogP contribution is -2.35. The van der Waals surface area contributed by atoms with Gasteiger partial charge in [-0.3, -0.25) is 14.7 Å². The first-order valence-electron chi connectivity index (χ1n) is 8.12. The average Bonchev–Trinajstić information content (AvgIpc) is 3.04. The second-order valence-electron chi connectivity index (χ2n) is 6.27. The van der Waals surface area contributed by atoms with Crippen molar-refractivity contribution in [2.75, 3.05) is 13.1 Å². The predicted octanol–water partition coefficient (Wildman–Crippen LogP) is 1.82. The maximum Gasteiger partial charge on any atom is 0.276 e. The van der Waals surface area contributed by atoms with Crippen LogP contribution >= 0.6 is 0 Å². The highest BCUT2D eigenvalue weighted by molar-refractivity contribution is 5.89. The van der Waals surface area contributed by atoms with E-state index in [9.17, 15) is 14.9 Å². The standard InChI is InChI=1S/C18H19N5O2/c1-4-14(24)22-7-5-6-12(10-22)16-15(11(2)3)18(25)23-17(21-16)13(8-19)9-20-23/h4,6,9,11,20H,1,5,7,10H2,2-3H3. The maximum absolute atomic E-state index is 12.9. The molecule has 7 nitrogen and oxygen atoms in total. The summed E-state index contributed by atoms with van der Waals surface area (Å²) in [5.41, 5.74) is 2.36. The van der Waals surface area contributed by atoms with Crippen molar-refractivity contribution in [3.8, 4) is 6.07 Å². The van der Waals surface area contributed by atoms with Gasteiger partial charge >= 0.3 is 0 Å². The number of aromatic amines is 1. The van der Waals surface area contributed by atoms with Gasteiger partial charge in [-0.25, -0.2) is 9.50 Å². The largest absolute Gasteiger partial charge is 0.334 e. The third-order valence-electron chi connectivity index (χ3n) is 4.34. The predicted molar refractivity (Wildman–Crippen MR) is 94.0 cm³/mol. The van der Waals surface area contributed by atoms with Crippen molar-refractivity contribution in [3.05, 3.63) is 52.1 Å². The number of nitrogens with zero attached hydrogens (tertiary/aromatic N) is 4. The van der Waals surface area contributed by atoms with Crippen molar-refractivity contribution in [2.24, 2.45) is 0 Å². The van der Waals surface area contributed by atoms with Gasteiger partial charge < -0.3 is 4.90 Å². The van der Waals surface area contributed by atoms with Crippen molar-refractivity contribution in [2.45, 2.75) is 26.2 Å². The number of carbonyl (C=O) groups is 1. The minimum Gasteiger partial charge on any atom is -0.334 e. The lowest BCUT2D eigenvalue weighted by molar-refractivity contribution is -0.125. The molecule has 0 aliphatic carbocycles. The molecule has 0 aromatic carbocycles. The molecule has 0 bridgehead atoms. The van der Waals surface area contributed by atoms with Crippen LogP contribution in [0.2, 0.25) is 0 Å². The number of carbonyl (C=O) groups excluding carboxylic acids is 1. The van der Waals surface area contributed by atoms with Gasteiger partial charge in [-0.05, 0) is 24.0 Å². The van der Waals surface area contributed by atoms with Crippen LogP contribution in [0, 0.1) is 11.3 Å². The summed E-state index contributed by atoms with van der Waals surface area (Å²) in [7, 11) is 0. The molecule has 7 heteroatoms. The summed E-state index contributed by atoms with van der Waals surface area (Å²) in [5.74, 6) is -0.194. The van der Waals surface area contributed by atoms with E-state index in [4.69, 9.17) is 0 Å². The second-order valence-corrected chi connectivity index (χ2v) is 6.27. The Labute approximate surface area is 144 Å². The van der Waals surface area contributed by atoms with E-state index in [2.05, 4.69) is 16.7 Å². The number of nitrogens with one attached hydrogen (secondary N) is 1. The van der Waals surface area contributed by atoms with Crippen molar-refractivity contribution in [1.29, 1.82) is 5.26 Å². The molecule has 0 saturated carbocycles. The molecule has 1 N–H and O–H groups in total. The van der Waals surface area contributed by atoms with Crippen LogP contribution in [-0.2, 0) is 4.79 Å². The van der Waals surface area contributed by atoms with E-state index in [0.29, 0.717) is 42.0 Å². The van der Waals surface area contributed by atoms with Crippen LogP contribution in [-0.4, -0.2) is 38.5 Å². The molecule has 0 atom stereocenters. The third-order valence-corrected chi connectivity index (χ3v) is 4.34. The number of hydrogen-bond acceptors (Lipinski definition) is 4. The topological polar surface area (TPSA) is 94.3 Å². The van der Waals surface area contributed by atoms with Gasteiger partial charge in [0.25, 0.3) is 5.56 Å². The second kappa shape index (κ2) is 6.40. The Kier molecular flexibility index (Phi) is 4.28. The molecule has 3 heterocycles. The first-order chi connectivity index (χ1) is 12.0. The Balaban J connectivity index is 2.21. The Morgan fingerprint density at radius 3 is 2.92 bits per heavy atom. The summed E-state index contributed by atoms with van der Waals surface area (Å²) in [6.45, 7) is 8.37. The molecule has 25 heavy (non-hydrogen) atoms. The highest BCUT2D eigenvalue weighted by atomic mass is 16.2. The Morgan fingerprint density at radius 1 is 1.52 bits per heavy atom. The minimum absolute atomic E-state index is 0.0490. The zero-order chi connectivity index (χ0) is 18.1. The third kappa shape index (κ3) is 2.76. The average molecular weight is 337 g/mol. The lowest BCUT2D eigenvalue weighted by Gasteiger charge is -2.27. The smallest absolute Gasteiger partial charge is 0.276 e. The van der Waals surface area contributed by atoms with Crippen molar-refractivity contribution < 1.29 is 4.79 Å².